The Bertz CT molecular complexity index is 4790. The summed E-state index contributed by atoms with van der Waals surface area (Å²) in [5.41, 5.74) is 14.8. The van der Waals surface area contributed by atoms with Crippen molar-refractivity contribution in [2.75, 3.05) is 0 Å². The van der Waals surface area contributed by atoms with Crippen LogP contribution in [0.1, 0.15) is 0 Å². The molecule has 10 aromatic carbocycles. The van der Waals surface area contributed by atoms with Gasteiger partial charge in [0.05, 0.1) is 44.5 Å². The highest BCUT2D eigenvalue weighted by atomic mass is 16.3. The Morgan fingerprint density at radius 2 is 0.697 bits per heavy atom. The van der Waals surface area contributed by atoms with E-state index in [1.165, 1.54) is 0 Å². The zero-order chi connectivity index (χ0) is 49.8. The first-order valence-electron chi connectivity index (χ1n) is 25.7. The third-order valence-electron chi connectivity index (χ3n) is 15.3. The molecule has 0 atom stereocenters. The molecule has 0 saturated carbocycles. The standard InChI is InChI=1S/C69H42N6O/c1-3-22-43(23-4-1)53-42-54(71-67(70-53)44-24-5-2-6-25-44)65-64(52-33-21-41-62-63(52)51-32-13-20-40-61(51)76-62)68(74-57-36-16-9-28-47(57)48-29-10-17-37-58(48)74)72-69(75-59-38-18-11-30-49(59)50-31-12-19-39-60(50)75)66(65)73-55-34-14-7-26-45(55)46-27-8-15-35-56(46)73/h1-42H. The lowest BCUT2D eigenvalue weighted by Gasteiger charge is -2.26. The highest BCUT2D eigenvalue weighted by Gasteiger charge is 2.33. The molecule has 76 heavy (non-hydrogen) atoms. The van der Waals surface area contributed by atoms with E-state index in [0.717, 1.165) is 144 Å². The van der Waals surface area contributed by atoms with Crippen molar-refractivity contribution in [3.8, 4) is 62.4 Å². The molecule has 16 rings (SSSR count). The Hall–Kier alpha value is -10.4. The van der Waals surface area contributed by atoms with Crippen LogP contribution in [0.2, 0.25) is 0 Å². The minimum absolute atomic E-state index is 0.608. The van der Waals surface area contributed by atoms with Crippen molar-refractivity contribution in [2.45, 2.75) is 0 Å². The van der Waals surface area contributed by atoms with Crippen LogP contribution in [-0.4, -0.2) is 28.7 Å². The number of para-hydroxylation sites is 7. The van der Waals surface area contributed by atoms with Crippen LogP contribution in [0.15, 0.2) is 259 Å². The first-order valence-corrected chi connectivity index (χ1v) is 25.7. The number of hydrogen-bond donors (Lipinski definition) is 0. The smallest absolute Gasteiger partial charge is 0.165 e. The summed E-state index contributed by atoms with van der Waals surface area (Å²) in [4.78, 5) is 17.6. The second-order valence-electron chi connectivity index (χ2n) is 19.4. The molecule has 0 bridgehead atoms. The summed E-state index contributed by atoms with van der Waals surface area (Å²) in [5.74, 6) is 2.09. The van der Waals surface area contributed by atoms with Crippen molar-refractivity contribution >= 4 is 87.4 Å². The van der Waals surface area contributed by atoms with E-state index < -0.39 is 0 Å². The van der Waals surface area contributed by atoms with E-state index in [4.69, 9.17) is 19.4 Å². The van der Waals surface area contributed by atoms with E-state index in [-0.39, 0.29) is 0 Å². The highest BCUT2D eigenvalue weighted by Crippen LogP contribution is 2.51. The molecule has 0 aliphatic heterocycles. The summed E-state index contributed by atoms with van der Waals surface area (Å²) in [7, 11) is 0. The van der Waals surface area contributed by atoms with Crippen molar-refractivity contribution in [3.63, 3.8) is 0 Å². The predicted octanol–water partition coefficient (Wildman–Crippen LogP) is 17.7. The molecule has 0 spiro atoms. The molecule has 0 saturated heterocycles. The third kappa shape index (κ3) is 6.20. The minimum Gasteiger partial charge on any atom is -0.456 e. The molecule has 0 N–H and O–H groups in total. The van der Waals surface area contributed by atoms with Crippen LogP contribution < -0.4 is 0 Å². The molecule has 354 valence electrons. The van der Waals surface area contributed by atoms with Crippen molar-refractivity contribution in [3.05, 3.63) is 255 Å². The van der Waals surface area contributed by atoms with Crippen LogP contribution in [0, 0.1) is 0 Å². The first-order chi connectivity index (χ1) is 37.7. The number of rotatable bonds is 7. The van der Waals surface area contributed by atoms with Gasteiger partial charge in [0.25, 0.3) is 0 Å². The summed E-state index contributed by atoms with van der Waals surface area (Å²) in [6.07, 6.45) is 0. The number of hydrogen-bond acceptors (Lipinski definition) is 4. The van der Waals surface area contributed by atoms with Gasteiger partial charge in [0.2, 0.25) is 0 Å². The fraction of sp³-hybridized carbons (Fsp3) is 0. The summed E-state index contributed by atoms with van der Waals surface area (Å²) in [5, 5.41) is 8.78. The molecule has 0 radical (unpaired) electrons. The SMILES string of the molecule is c1ccc(-c2cc(-c3c(-c4cccc5oc6ccccc6c45)c(-n4c5ccccc5c5ccccc54)nc(-n4c5ccccc5c5ccccc54)c3-n3c4ccccc4c4ccccc43)nc(-c3ccccc3)n2)cc1. The molecular weight excluding hydrogens is 929 g/mol. The normalized spacial score (nSPS) is 11.9. The molecular formula is C69H42N6O. The van der Waals surface area contributed by atoms with E-state index in [9.17, 15) is 0 Å². The quantitative estimate of drug-likeness (QED) is 0.160. The second-order valence-corrected chi connectivity index (χ2v) is 19.4. The Kier molecular flexibility index (Phi) is 9.20. The van der Waals surface area contributed by atoms with Crippen LogP contribution in [-0.2, 0) is 0 Å². The molecule has 7 nitrogen and oxygen atoms in total. The maximum absolute atomic E-state index is 6.82. The number of nitrogens with zero attached hydrogens (tertiary/aromatic N) is 6. The van der Waals surface area contributed by atoms with Crippen LogP contribution in [0.25, 0.3) is 150 Å². The van der Waals surface area contributed by atoms with Crippen LogP contribution >= 0.6 is 0 Å². The van der Waals surface area contributed by atoms with Crippen LogP contribution in [0.3, 0.4) is 0 Å². The van der Waals surface area contributed by atoms with Gasteiger partial charge in [0.15, 0.2) is 11.6 Å². The van der Waals surface area contributed by atoms with Crippen molar-refractivity contribution in [1.29, 1.82) is 0 Å². The molecule has 0 amide bonds. The molecule has 0 aliphatic rings. The van der Waals surface area contributed by atoms with Gasteiger partial charge in [-0.3, -0.25) is 9.13 Å². The van der Waals surface area contributed by atoms with Gasteiger partial charge in [-0.2, -0.15) is 0 Å². The van der Waals surface area contributed by atoms with Gasteiger partial charge in [-0.1, -0.05) is 200 Å². The lowest BCUT2D eigenvalue weighted by atomic mass is 9.91. The predicted molar refractivity (Wildman–Crippen MR) is 312 cm³/mol. The zero-order valence-electron chi connectivity index (χ0n) is 40.8. The van der Waals surface area contributed by atoms with Gasteiger partial charge in [-0.25, -0.2) is 15.0 Å². The van der Waals surface area contributed by atoms with Gasteiger partial charge in [0, 0.05) is 65.3 Å². The van der Waals surface area contributed by atoms with Gasteiger partial charge >= 0.3 is 0 Å². The van der Waals surface area contributed by atoms with Gasteiger partial charge in [-0.05, 0) is 60.2 Å². The maximum atomic E-state index is 6.82. The Morgan fingerprint density at radius 1 is 0.289 bits per heavy atom. The summed E-state index contributed by atoms with van der Waals surface area (Å²) < 4.78 is 14.0. The van der Waals surface area contributed by atoms with E-state index in [1.54, 1.807) is 0 Å². The molecule has 0 unspecified atom stereocenters. The lowest BCUT2D eigenvalue weighted by Crippen LogP contribution is -2.14. The average molecular weight is 971 g/mol. The maximum Gasteiger partial charge on any atom is 0.165 e. The van der Waals surface area contributed by atoms with Crippen molar-refractivity contribution in [2.24, 2.45) is 0 Å². The zero-order valence-corrected chi connectivity index (χ0v) is 40.8. The Morgan fingerprint density at radius 3 is 1.22 bits per heavy atom. The van der Waals surface area contributed by atoms with E-state index in [2.05, 4.69) is 256 Å². The van der Waals surface area contributed by atoms with Gasteiger partial charge in [-0.15, -0.1) is 0 Å². The number of fused-ring (bicyclic) bond motifs is 12. The highest BCUT2D eigenvalue weighted by molar-refractivity contribution is 6.18. The number of furan rings is 1. The monoisotopic (exact) mass is 970 g/mol. The van der Waals surface area contributed by atoms with E-state index >= 15 is 0 Å². The Labute approximate surface area is 435 Å². The number of benzene rings is 10. The summed E-state index contributed by atoms with van der Waals surface area (Å²) >= 11 is 0. The van der Waals surface area contributed by atoms with Gasteiger partial charge < -0.3 is 8.98 Å². The molecule has 6 aromatic heterocycles. The molecule has 0 aliphatic carbocycles. The molecule has 0 fully saturated rings. The fourth-order valence-electron chi connectivity index (χ4n) is 12.1. The molecule has 6 heterocycles. The third-order valence-corrected chi connectivity index (χ3v) is 15.3. The fourth-order valence-corrected chi connectivity index (χ4v) is 12.1. The van der Waals surface area contributed by atoms with E-state index in [0.29, 0.717) is 5.82 Å². The number of aromatic nitrogens is 6. The molecule has 7 heteroatoms. The van der Waals surface area contributed by atoms with Crippen LogP contribution in [0.4, 0.5) is 0 Å². The second kappa shape index (κ2) is 16.6. The van der Waals surface area contributed by atoms with Gasteiger partial charge in [0.1, 0.15) is 22.7 Å². The van der Waals surface area contributed by atoms with E-state index in [1.807, 2.05) is 12.1 Å². The average Bonchev–Trinajstić information content (AvgIpc) is 4.33. The molecule has 16 aromatic rings. The topological polar surface area (TPSA) is 66.6 Å². The van der Waals surface area contributed by atoms with Crippen molar-refractivity contribution in [1.82, 2.24) is 28.7 Å². The Balaban J connectivity index is 1.23. The minimum atomic E-state index is 0.608. The largest absolute Gasteiger partial charge is 0.456 e. The summed E-state index contributed by atoms with van der Waals surface area (Å²) in [6, 6.07) is 90.2. The number of pyridine rings is 1. The first kappa shape index (κ1) is 42.2. The van der Waals surface area contributed by atoms with Crippen LogP contribution in [0.5, 0.6) is 0 Å². The van der Waals surface area contributed by atoms with Crippen molar-refractivity contribution < 1.29 is 4.42 Å². The summed E-state index contributed by atoms with van der Waals surface area (Å²) in [6.45, 7) is 0. The lowest BCUT2D eigenvalue weighted by molar-refractivity contribution is 0.669.